The van der Waals surface area contributed by atoms with Crippen LogP contribution in [0.5, 0.6) is 0 Å². The summed E-state index contributed by atoms with van der Waals surface area (Å²) < 4.78 is 35.3. The smallest absolute Gasteiger partial charge is 0.353 e. The number of unbranched alkanes of at least 4 members (excludes halogenated alkanes) is 18. The molecule has 0 heterocycles. The lowest BCUT2D eigenvalue weighted by atomic mass is 9.71. The lowest BCUT2D eigenvalue weighted by Crippen LogP contribution is -2.53. The van der Waals surface area contributed by atoms with Crippen molar-refractivity contribution in [2.45, 2.75) is 240 Å². The summed E-state index contributed by atoms with van der Waals surface area (Å²) in [5, 5.41) is 0. The first-order valence-corrected chi connectivity index (χ1v) is 27.1. The molecular formula is C53H105N2O6P. The number of hydrogen-bond donors (Lipinski definition) is 2. The van der Waals surface area contributed by atoms with Gasteiger partial charge in [-0.15, -0.1) is 0 Å². The minimum atomic E-state index is -4.11. The maximum absolute atomic E-state index is 12.1. The third kappa shape index (κ3) is 35.2. The van der Waals surface area contributed by atoms with Crippen LogP contribution in [-0.2, 0) is 23.1 Å². The van der Waals surface area contributed by atoms with Crippen LogP contribution in [0.4, 0.5) is 0 Å². The molecule has 0 aliphatic carbocycles. The monoisotopic (exact) mass is 897 g/mol. The zero-order chi connectivity index (χ0) is 46.7. The van der Waals surface area contributed by atoms with E-state index in [0.717, 1.165) is 44.9 Å². The van der Waals surface area contributed by atoms with Gasteiger partial charge in [-0.2, -0.15) is 0 Å². The molecule has 0 saturated carbocycles. The molecule has 0 amide bonds. The van der Waals surface area contributed by atoms with Crippen LogP contribution >= 0.6 is 7.82 Å². The van der Waals surface area contributed by atoms with Gasteiger partial charge in [0.15, 0.2) is 5.79 Å². The fourth-order valence-electron chi connectivity index (χ4n) is 7.39. The van der Waals surface area contributed by atoms with Crippen LogP contribution < -0.4 is 5.73 Å². The van der Waals surface area contributed by atoms with Crippen molar-refractivity contribution in [3.63, 3.8) is 0 Å². The van der Waals surface area contributed by atoms with Gasteiger partial charge < -0.3 is 20.1 Å². The number of nitrogens with zero attached hydrogens (tertiary/aromatic N) is 1. The molecule has 0 aliphatic rings. The van der Waals surface area contributed by atoms with Crippen molar-refractivity contribution in [1.29, 1.82) is 0 Å². The Morgan fingerprint density at radius 3 is 1.35 bits per heavy atom. The predicted octanol–water partition coefficient (Wildman–Crippen LogP) is 16.0. The molecule has 0 aromatic carbocycles. The van der Waals surface area contributed by atoms with Crippen molar-refractivity contribution < 1.29 is 28.0 Å². The van der Waals surface area contributed by atoms with Crippen molar-refractivity contribution in [2.75, 3.05) is 47.1 Å². The highest BCUT2D eigenvalue weighted by Gasteiger charge is 2.41. The minimum Gasteiger partial charge on any atom is -0.353 e. The highest BCUT2D eigenvalue weighted by atomic mass is 31.2. The van der Waals surface area contributed by atoms with E-state index in [9.17, 15) is 9.46 Å². The molecule has 0 aromatic rings. The van der Waals surface area contributed by atoms with Crippen LogP contribution in [0, 0.1) is 5.41 Å². The summed E-state index contributed by atoms with van der Waals surface area (Å²) >= 11 is 0. The Hall–Kier alpha value is -1.09. The van der Waals surface area contributed by atoms with Crippen LogP contribution in [0.15, 0.2) is 48.6 Å². The molecule has 0 aromatic heterocycles. The van der Waals surface area contributed by atoms with E-state index in [-0.39, 0.29) is 30.7 Å². The quantitative estimate of drug-likeness (QED) is 0.0270. The zero-order valence-electron chi connectivity index (χ0n) is 42.7. The molecule has 0 rings (SSSR count). The second-order valence-corrected chi connectivity index (χ2v) is 19.6. The van der Waals surface area contributed by atoms with E-state index in [4.69, 9.17) is 24.3 Å². The maximum Gasteiger partial charge on any atom is 0.472 e. The number of nitrogens with two attached hydrogens (primary N) is 1. The van der Waals surface area contributed by atoms with E-state index in [1.807, 2.05) is 28.0 Å². The van der Waals surface area contributed by atoms with E-state index in [2.05, 4.69) is 95.1 Å². The first-order valence-electron chi connectivity index (χ1n) is 25.6. The number of phosphoric acid groups is 1. The molecule has 0 spiro atoms. The van der Waals surface area contributed by atoms with Crippen LogP contribution in [0.3, 0.4) is 0 Å². The maximum atomic E-state index is 12.1. The van der Waals surface area contributed by atoms with E-state index < -0.39 is 13.6 Å². The third-order valence-electron chi connectivity index (χ3n) is 12.6. The summed E-state index contributed by atoms with van der Waals surface area (Å²) in [6.45, 7) is 18.8. The minimum absolute atomic E-state index is 0.0169. The van der Waals surface area contributed by atoms with Gasteiger partial charge in [-0.05, 0) is 110 Å². The van der Waals surface area contributed by atoms with Crippen molar-refractivity contribution in [3.8, 4) is 0 Å². The zero-order valence-corrected chi connectivity index (χ0v) is 43.6. The van der Waals surface area contributed by atoms with E-state index in [1.54, 1.807) is 0 Å². The topological polar surface area (TPSA) is 103 Å². The summed E-state index contributed by atoms with van der Waals surface area (Å²) in [7, 11) is -0.233. The molecule has 1 atom stereocenters. The molecule has 1 unspecified atom stereocenters. The normalized spacial score (nSPS) is 14.0. The SMILES string of the molecule is CC.CCCCC/C=C\C/C=C\CCCCCCCCC(CCCCCCCC/C=C\C/C=C\CCCCC)(OC)OCCC(C)(C)C(C)(C)N(C)CCOP(=O)(O)OCCN. The molecule has 368 valence electrons. The molecule has 9 heteroatoms. The van der Waals surface area contributed by atoms with Gasteiger partial charge in [0.1, 0.15) is 0 Å². The van der Waals surface area contributed by atoms with Gasteiger partial charge >= 0.3 is 7.82 Å². The van der Waals surface area contributed by atoms with Crippen LogP contribution in [0.1, 0.15) is 229 Å². The molecule has 3 N–H and O–H groups in total. The Morgan fingerprint density at radius 1 is 0.565 bits per heavy atom. The number of phosphoric ester groups is 1. The Labute approximate surface area is 386 Å². The highest BCUT2D eigenvalue weighted by Crippen LogP contribution is 2.43. The van der Waals surface area contributed by atoms with E-state index >= 15 is 0 Å². The standard InChI is InChI=1S/C51H99N2O6P.C2H6/c1-9-11-13-15-17-19-21-23-25-27-29-31-33-35-37-39-41-51(56-8,42-40-38-36-34-32-30-28-26-24-22-20-18-16-14-12-10-2)57-46-43-49(3,4)50(5,6)53(7)45-48-59-60(54,55)58-47-44-52;1-2/h17-20,23-26H,9-16,21-22,27-48,52H2,1-8H3,(H,54,55);1-2H3/b19-17-,20-18-,25-23-,26-24-;. The lowest BCUT2D eigenvalue weighted by molar-refractivity contribution is -0.236. The lowest BCUT2D eigenvalue weighted by Gasteiger charge is -2.48. The number of ether oxygens (including phenoxy) is 2. The average molecular weight is 897 g/mol. The highest BCUT2D eigenvalue weighted by molar-refractivity contribution is 7.47. The number of allylic oxidation sites excluding steroid dienone is 8. The summed E-state index contributed by atoms with van der Waals surface area (Å²) in [5.41, 5.74) is 5.04. The summed E-state index contributed by atoms with van der Waals surface area (Å²) in [4.78, 5) is 12.1. The summed E-state index contributed by atoms with van der Waals surface area (Å²) in [6, 6.07) is 0. The first-order chi connectivity index (χ1) is 29.8. The molecule has 0 aliphatic heterocycles. The largest absolute Gasteiger partial charge is 0.472 e. The first kappa shape index (κ1) is 63.0. The molecule has 0 bridgehead atoms. The van der Waals surface area contributed by atoms with Crippen molar-refractivity contribution in [2.24, 2.45) is 11.1 Å². The molecular weight excluding hydrogens is 792 g/mol. The predicted molar refractivity (Wildman–Crippen MR) is 271 cm³/mol. The molecule has 8 nitrogen and oxygen atoms in total. The molecule has 0 radical (unpaired) electrons. The van der Waals surface area contributed by atoms with Gasteiger partial charge in [0.05, 0.1) is 19.8 Å². The Balaban J connectivity index is 0. The molecule has 0 saturated heterocycles. The van der Waals surface area contributed by atoms with Crippen molar-refractivity contribution in [1.82, 2.24) is 4.90 Å². The Bertz CT molecular complexity index is 1090. The van der Waals surface area contributed by atoms with E-state index in [1.165, 1.54) is 128 Å². The fourth-order valence-corrected chi connectivity index (χ4v) is 8.11. The van der Waals surface area contributed by atoms with Gasteiger partial charge in [-0.25, -0.2) is 4.57 Å². The third-order valence-corrected chi connectivity index (χ3v) is 13.7. The number of hydrogen-bond acceptors (Lipinski definition) is 7. The van der Waals surface area contributed by atoms with Crippen LogP contribution in [0.2, 0.25) is 0 Å². The van der Waals surface area contributed by atoms with E-state index in [0.29, 0.717) is 13.2 Å². The fraction of sp³-hybridized carbons (Fsp3) is 0.849. The molecule has 0 fully saturated rings. The van der Waals surface area contributed by atoms with Crippen molar-refractivity contribution in [3.05, 3.63) is 48.6 Å². The number of rotatable bonds is 44. The van der Waals surface area contributed by atoms with Gasteiger partial charge in [-0.1, -0.05) is 167 Å². The van der Waals surface area contributed by atoms with Gasteiger partial charge in [-0.3, -0.25) is 13.9 Å². The van der Waals surface area contributed by atoms with Gasteiger partial charge in [0.2, 0.25) is 0 Å². The average Bonchev–Trinajstić information content (AvgIpc) is 3.25. The summed E-state index contributed by atoms with van der Waals surface area (Å²) in [6.07, 6.45) is 51.1. The number of likely N-dealkylation sites (N-methyl/N-ethyl adjacent to an activating group) is 1. The Morgan fingerprint density at radius 2 is 0.952 bits per heavy atom. The Kier molecular flexibility index (Phi) is 43.2. The van der Waals surface area contributed by atoms with Crippen LogP contribution in [0.25, 0.3) is 0 Å². The number of methoxy groups -OCH3 is 1. The molecule has 62 heavy (non-hydrogen) atoms. The van der Waals surface area contributed by atoms with Gasteiger partial charge in [0.25, 0.3) is 0 Å². The second-order valence-electron chi connectivity index (χ2n) is 18.2. The summed E-state index contributed by atoms with van der Waals surface area (Å²) in [5.74, 6) is -0.559. The van der Waals surface area contributed by atoms with Crippen LogP contribution in [-0.4, -0.2) is 68.2 Å². The van der Waals surface area contributed by atoms with Crippen molar-refractivity contribution >= 4 is 7.82 Å². The van der Waals surface area contributed by atoms with Gasteiger partial charge in [0, 0.05) is 38.6 Å². The second kappa shape index (κ2) is 42.5.